The third kappa shape index (κ3) is 5.00. The molecule has 1 aliphatic carbocycles. The van der Waals surface area contributed by atoms with Crippen molar-refractivity contribution in [2.45, 2.75) is 44.6 Å². The number of benzene rings is 2. The number of amides is 1. The summed E-state index contributed by atoms with van der Waals surface area (Å²) >= 11 is 2.27. The van der Waals surface area contributed by atoms with E-state index in [4.69, 9.17) is 4.74 Å². The number of hydrogen-bond acceptors (Lipinski definition) is 2. The summed E-state index contributed by atoms with van der Waals surface area (Å²) in [5.41, 5.74) is 2.00. The first kappa shape index (κ1) is 19.2. The van der Waals surface area contributed by atoms with Crippen LogP contribution in [0.3, 0.4) is 0 Å². The van der Waals surface area contributed by atoms with Crippen LogP contribution in [0.5, 0.6) is 5.75 Å². The minimum absolute atomic E-state index is 0.163. The molecule has 0 aromatic heterocycles. The van der Waals surface area contributed by atoms with Crippen molar-refractivity contribution in [3.05, 3.63) is 63.2 Å². The molecule has 1 saturated carbocycles. The Bertz CT molecular complexity index is 723. The topological polar surface area (TPSA) is 29.5 Å². The molecule has 0 atom stereocenters. The van der Waals surface area contributed by atoms with Gasteiger partial charge in [-0.05, 0) is 83.8 Å². The van der Waals surface area contributed by atoms with Crippen LogP contribution < -0.4 is 4.74 Å². The van der Waals surface area contributed by atoms with E-state index in [1.165, 1.54) is 24.8 Å². The Labute approximate surface area is 169 Å². The molecule has 0 spiro atoms. The highest BCUT2D eigenvalue weighted by atomic mass is 127. The predicted octanol–water partition coefficient (Wildman–Crippen LogP) is 5.32. The molecule has 0 N–H and O–H groups in total. The third-order valence-electron chi connectivity index (χ3n) is 5.14. The average molecular weight is 463 g/mol. The Morgan fingerprint density at radius 3 is 2.54 bits per heavy atom. The van der Waals surface area contributed by atoms with E-state index in [1.807, 2.05) is 36.4 Å². The summed E-state index contributed by atoms with van der Waals surface area (Å²) in [5.74, 6) is 1.03. The summed E-state index contributed by atoms with van der Waals surface area (Å²) in [4.78, 5) is 15.3. The molecule has 2 aromatic carbocycles. The number of halogens is 1. The monoisotopic (exact) mass is 463 g/mol. The van der Waals surface area contributed by atoms with Crippen LogP contribution in [0.15, 0.2) is 48.5 Å². The fourth-order valence-corrected chi connectivity index (χ4v) is 4.04. The molecular formula is C22H26INO2. The molecular weight excluding hydrogens is 437 g/mol. The quantitative estimate of drug-likeness (QED) is 0.543. The molecule has 0 unspecified atom stereocenters. The zero-order valence-electron chi connectivity index (χ0n) is 15.3. The van der Waals surface area contributed by atoms with Crippen molar-refractivity contribution in [2.75, 3.05) is 13.7 Å². The van der Waals surface area contributed by atoms with Gasteiger partial charge >= 0.3 is 0 Å². The van der Waals surface area contributed by atoms with Crippen LogP contribution in [0.1, 0.15) is 48.0 Å². The van der Waals surface area contributed by atoms with Gasteiger partial charge in [0.25, 0.3) is 5.91 Å². The van der Waals surface area contributed by atoms with Crippen molar-refractivity contribution in [2.24, 2.45) is 0 Å². The van der Waals surface area contributed by atoms with Gasteiger partial charge in [-0.3, -0.25) is 4.79 Å². The lowest BCUT2D eigenvalue weighted by Gasteiger charge is -2.34. The molecule has 0 aliphatic heterocycles. The van der Waals surface area contributed by atoms with Gasteiger partial charge in [0.1, 0.15) is 5.75 Å². The number of methoxy groups -OCH3 is 1. The summed E-state index contributed by atoms with van der Waals surface area (Å²) in [6.45, 7) is 0.753. The predicted molar refractivity (Wildman–Crippen MR) is 114 cm³/mol. The average Bonchev–Trinajstić information content (AvgIpc) is 2.69. The summed E-state index contributed by atoms with van der Waals surface area (Å²) in [7, 11) is 1.69. The van der Waals surface area contributed by atoms with Gasteiger partial charge in [-0.15, -0.1) is 0 Å². The highest BCUT2D eigenvalue weighted by molar-refractivity contribution is 14.1. The van der Waals surface area contributed by atoms with E-state index in [2.05, 4.69) is 39.6 Å². The normalized spacial score (nSPS) is 14.8. The van der Waals surface area contributed by atoms with E-state index < -0.39 is 0 Å². The van der Waals surface area contributed by atoms with E-state index in [-0.39, 0.29) is 5.91 Å². The second kappa shape index (κ2) is 9.40. The van der Waals surface area contributed by atoms with Crippen LogP contribution >= 0.6 is 22.6 Å². The first-order valence-corrected chi connectivity index (χ1v) is 10.4. The fraction of sp³-hybridized carbons (Fsp3) is 0.409. The molecule has 0 radical (unpaired) electrons. The van der Waals surface area contributed by atoms with Gasteiger partial charge in [-0.2, -0.15) is 0 Å². The van der Waals surface area contributed by atoms with Crippen LogP contribution in [0.25, 0.3) is 0 Å². The van der Waals surface area contributed by atoms with Crippen LogP contribution in [-0.2, 0) is 6.42 Å². The first-order chi connectivity index (χ1) is 12.7. The van der Waals surface area contributed by atoms with Gasteiger partial charge in [0.15, 0.2) is 0 Å². The number of rotatable bonds is 6. The van der Waals surface area contributed by atoms with Crippen LogP contribution in [0.2, 0.25) is 0 Å². The summed E-state index contributed by atoms with van der Waals surface area (Å²) in [6.07, 6.45) is 6.82. The number of carbonyl (C=O) groups excluding carboxylic acids is 1. The van der Waals surface area contributed by atoms with E-state index in [0.29, 0.717) is 6.04 Å². The smallest absolute Gasteiger partial charge is 0.254 e. The molecule has 1 fully saturated rings. The molecule has 1 amide bonds. The second-order valence-corrected chi connectivity index (χ2v) is 8.14. The van der Waals surface area contributed by atoms with E-state index in [0.717, 1.165) is 40.7 Å². The maximum atomic E-state index is 13.2. The minimum atomic E-state index is 0.163. The Morgan fingerprint density at radius 1 is 1.12 bits per heavy atom. The Hall–Kier alpha value is -1.56. The highest BCUT2D eigenvalue weighted by Gasteiger charge is 2.26. The Balaban J connectivity index is 1.76. The Kier molecular flexibility index (Phi) is 6.94. The first-order valence-electron chi connectivity index (χ1n) is 9.37. The lowest BCUT2D eigenvalue weighted by atomic mass is 9.93. The molecule has 3 nitrogen and oxygen atoms in total. The number of nitrogens with zero attached hydrogens (tertiary/aromatic N) is 1. The largest absolute Gasteiger partial charge is 0.497 e. The van der Waals surface area contributed by atoms with Crippen LogP contribution in [-0.4, -0.2) is 30.5 Å². The molecule has 0 saturated heterocycles. The highest BCUT2D eigenvalue weighted by Crippen LogP contribution is 2.25. The minimum Gasteiger partial charge on any atom is -0.497 e. The third-order valence-corrected chi connectivity index (χ3v) is 5.86. The van der Waals surface area contributed by atoms with Gasteiger partial charge in [-0.25, -0.2) is 0 Å². The van der Waals surface area contributed by atoms with Gasteiger partial charge in [-0.1, -0.05) is 31.4 Å². The van der Waals surface area contributed by atoms with Gasteiger partial charge in [0.05, 0.1) is 7.11 Å². The van der Waals surface area contributed by atoms with E-state index >= 15 is 0 Å². The van der Waals surface area contributed by atoms with Crippen molar-refractivity contribution >= 4 is 28.5 Å². The standard InChI is InChI=1S/C22H26INO2/c1-26-21-9-5-6-17(16-21)14-15-24(20-7-3-2-4-8-20)22(25)18-10-12-19(23)13-11-18/h5-6,9-13,16,20H,2-4,7-8,14-15H2,1H3. The maximum Gasteiger partial charge on any atom is 0.254 e. The molecule has 1 aliphatic rings. The van der Waals surface area contributed by atoms with E-state index in [9.17, 15) is 4.79 Å². The molecule has 2 aromatic rings. The SMILES string of the molecule is COc1cccc(CCN(C(=O)c2ccc(I)cc2)C2CCCCC2)c1. The molecule has 3 rings (SSSR count). The molecule has 4 heteroatoms. The fourth-order valence-electron chi connectivity index (χ4n) is 3.68. The van der Waals surface area contributed by atoms with Crippen LogP contribution in [0, 0.1) is 3.57 Å². The van der Waals surface area contributed by atoms with Crippen LogP contribution in [0.4, 0.5) is 0 Å². The van der Waals surface area contributed by atoms with Gasteiger partial charge in [0, 0.05) is 21.7 Å². The number of carbonyl (C=O) groups is 1. The van der Waals surface area contributed by atoms with Crippen molar-refractivity contribution in [3.63, 3.8) is 0 Å². The lowest BCUT2D eigenvalue weighted by Crippen LogP contribution is -2.42. The van der Waals surface area contributed by atoms with E-state index in [1.54, 1.807) is 7.11 Å². The summed E-state index contributed by atoms with van der Waals surface area (Å²) < 4.78 is 6.48. The molecule has 0 bridgehead atoms. The van der Waals surface area contributed by atoms with Crippen molar-refractivity contribution in [1.29, 1.82) is 0 Å². The van der Waals surface area contributed by atoms with Gasteiger partial charge < -0.3 is 9.64 Å². The number of hydrogen-bond donors (Lipinski definition) is 0. The van der Waals surface area contributed by atoms with Crippen molar-refractivity contribution < 1.29 is 9.53 Å². The Morgan fingerprint density at radius 2 is 1.85 bits per heavy atom. The van der Waals surface area contributed by atoms with Gasteiger partial charge in [0.2, 0.25) is 0 Å². The lowest BCUT2D eigenvalue weighted by molar-refractivity contribution is 0.0637. The van der Waals surface area contributed by atoms with Crippen molar-refractivity contribution in [3.8, 4) is 5.75 Å². The summed E-state index contributed by atoms with van der Waals surface area (Å²) in [5, 5.41) is 0. The number of ether oxygens (including phenoxy) is 1. The molecule has 26 heavy (non-hydrogen) atoms. The maximum absolute atomic E-state index is 13.2. The van der Waals surface area contributed by atoms with Crippen molar-refractivity contribution in [1.82, 2.24) is 4.90 Å². The zero-order chi connectivity index (χ0) is 18.4. The molecule has 138 valence electrons. The second-order valence-electron chi connectivity index (χ2n) is 6.90. The summed E-state index contributed by atoms with van der Waals surface area (Å²) in [6, 6.07) is 16.4. The molecule has 0 heterocycles. The zero-order valence-corrected chi connectivity index (χ0v) is 17.4.